The summed E-state index contributed by atoms with van der Waals surface area (Å²) in [7, 11) is 0. The Balaban J connectivity index is 0.000000195. The number of hydrogen-bond acceptors (Lipinski definition) is 16. The fraction of sp³-hybridized carbons (Fsp3) is 0.658. The van der Waals surface area contributed by atoms with E-state index < -0.39 is 72.7 Å². The monoisotopic (exact) mass is 1630 g/mol. The van der Waals surface area contributed by atoms with Gasteiger partial charge in [0.2, 0.25) is 0 Å². The van der Waals surface area contributed by atoms with Crippen LogP contribution in [0.4, 0.5) is 4.79 Å². The number of ketones is 2. The topological polar surface area (TPSA) is 301 Å². The number of carboxylic acid groups (broad SMARTS) is 2. The second-order valence-corrected chi connectivity index (χ2v) is 33.8. The van der Waals surface area contributed by atoms with Gasteiger partial charge in [0.1, 0.15) is 18.2 Å². The first-order valence-corrected chi connectivity index (χ1v) is 41.8. The summed E-state index contributed by atoms with van der Waals surface area (Å²) in [6.07, 6.45) is 34.7. The summed E-state index contributed by atoms with van der Waals surface area (Å²) in [4.78, 5) is 111. The molecule has 8 aliphatic rings. The van der Waals surface area contributed by atoms with Gasteiger partial charge in [-0.25, -0.2) is 5.06 Å². The molecule has 11 rings (SSSR count). The number of carbonyl (C=O) groups excluding carboxylic acids is 7. The molecule has 2 aliphatic heterocycles. The number of carboxylic acids is 2. The SMILES string of the molecule is CC(=O)[C@@H](CO)CC1CCCC1.CC(=O)[C@@H](CO)CC1CCCC1.O=C(O)[C@@H](CO)CC1CCCC1.O=C([I-]ONC[C@@H](CC1CCCC1)C(=O)O)c1ccccc1.O=C([I-][C@H]1COC(=O)N1C(=O)CCC1CCCC1)c1ccccc1.O=C1[C@H](CC2CCCC2)CN1OCc1ccccc1. The van der Waals surface area contributed by atoms with Crippen LogP contribution in [-0.4, -0.2) is 128 Å². The minimum atomic E-state index is -1.13. The van der Waals surface area contributed by atoms with Crippen molar-refractivity contribution in [1.82, 2.24) is 15.4 Å². The normalized spacial score (nSPS) is 20.7. The summed E-state index contributed by atoms with van der Waals surface area (Å²) in [5.74, 6) is 1.54. The van der Waals surface area contributed by atoms with Gasteiger partial charge < -0.3 is 20.4 Å². The molecule has 0 radical (unpaired) electrons. The van der Waals surface area contributed by atoms with E-state index in [1.165, 1.54) is 138 Å². The largest absolute Gasteiger partial charge is 0.272 e. The van der Waals surface area contributed by atoms with Crippen molar-refractivity contribution in [2.45, 2.75) is 224 Å². The Kier molecular flexibility index (Phi) is 40.4. The molecule has 20 nitrogen and oxygen atoms in total. The zero-order valence-electron chi connectivity index (χ0n) is 59.7. The van der Waals surface area contributed by atoms with Gasteiger partial charge >= 0.3 is 299 Å². The van der Waals surface area contributed by atoms with Crippen LogP contribution in [0.15, 0.2) is 91.0 Å². The first kappa shape index (κ1) is 84.8. The van der Waals surface area contributed by atoms with Gasteiger partial charge in [-0.2, -0.15) is 0 Å². The third-order valence-corrected chi connectivity index (χ3v) is 25.6. The number of imide groups is 1. The van der Waals surface area contributed by atoms with E-state index in [0.717, 1.165) is 69.4 Å². The molecule has 3 amide bonds. The van der Waals surface area contributed by atoms with E-state index in [1.54, 1.807) is 38.1 Å². The molecule has 3 aromatic rings. The van der Waals surface area contributed by atoms with Crippen molar-refractivity contribution in [2.24, 2.45) is 65.1 Å². The van der Waals surface area contributed by atoms with Crippen LogP contribution in [0.2, 0.25) is 0 Å². The van der Waals surface area contributed by atoms with E-state index in [0.29, 0.717) is 66.6 Å². The number of amides is 3. The molecule has 22 heteroatoms. The summed E-state index contributed by atoms with van der Waals surface area (Å²) in [6, 6.07) is 28.0. The number of aliphatic hydroxyl groups is 3. The number of halogens is 2. The molecule has 0 unspecified atom stereocenters. The zero-order chi connectivity index (χ0) is 72.7. The first-order valence-electron chi connectivity index (χ1n) is 37.5. The minimum Gasteiger partial charge on any atom is -0.272 e. The van der Waals surface area contributed by atoms with E-state index in [2.05, 4.69) is 5.48 Å². The fourth-order valence-corrected chi connectivity index (χ4v) is 18.7. The second-order valence-electron chi connectivity index (χ2n) is 28.9. The molecular formula is C79H115I2N3O17-2. The van der Waals surface area contributed by atoms with Gasteiger partial charge in [-0.15, -0.1) is 0 Å². The average molecular weight is 1630 g/mol. The Hall–Kier alpha value is -5.09. The molecule has 2 heterocycles. The van der Waals surface area contributed by atoms with Crippen LogP contribution in [0.3, 0.4) is 0 Å². The number of aliphatic hydroxyl groups excluding tert-OH is 3. The maximum absolute atomic E-state index is 12.5. The molecule has 0 aromatic heterocycles. The molecule has 3 aromatic carbocycles. The van der Waals surface area contributed by atoms with Crippen LogP contribution in [0, 0.1) is 65.1 Å². The Morgan fingerprint density at radius 1 is 0.525 bits per heavy atom. The number of nitrogens with one attached hydrogen (secondary N) is 1. The minimum absolute atomic E-state index is 0.0189. The molecule has 101 heavy (non-hydrogen) atoms. The number of ether oxygens (including phenoxy) is 1. The van der Waals surface area contributed by atoms with Crippen LogP contribution >= 0.6 is 0 Å². The number of β-lactam (4-membered cyclic amide) rings is 1. The van der Waals surface area contributed by atoms with Crippen molar-refractivity contribution in [2.75, 3.05) is 39.5 Å². The maximum atomic E-state index is 12.5. The number of alkyl halides is 1. The van der Waals surface area contributed by atoms with E-state index in [4.69, 9.17) is 33.2 Å². The molecule has 564 valence electrons. The summed E-state index contributed by atoms with van der Waals surface area (Å²) >= 11 is -2.15. The Morgan fingerprint density at radius 3 is 1.34 bits per heavy atom. The fourth-order valence-electron chi connectivity index (χ4n) is 15.0. The van der Waals surface area contributed by atoms with Crippen LogP contribution in [0.1, 0.15) is 239 Å². The van der Waals surface area contributed by atoms with Crippen molar-refractivity contribution in [3.05, 3.63) is 108 Å². The summed E-state index contributed by atoms with van der Waals surface area (Å²) in [5, 5.41) is 46.1. The third kappa shape index (κ3) is 31.6. The average Bonchev–Trinajstić information content (AvgIpc) is 1.64. The van der Waals surface area contributed by atoms with Gasteiger partial charge in [0.25, 0.3) is 5.91 Å². The van der Waals surface area contributed by atoms with E-state index in [1.807, 2.05) is 66.7 Å². The van der Waals surface area contributed by atoms with Crippen molar-refractivity contribution >= 4 is 49.0 Å². The number of rotatable bonds is 32. The maximum Gasteiger partial charge on any atom is 0.251 e. The smallest absolute Gasteiger partial charge is 0.251 e. The van der Waals surface area contributed by atoms with E-state index in [9.17, 15) is 48.3 Å². The summed E-state index contributed by atoms with van der Waals surface area (Å²) in [6.45, 7) is 4.69. The van der Waals surface area contributed by atoms with Crippen LogP contribution in [0.25, 0.3) is 0 Å². The Morgan fingerprint density at radius 2 is 0.921 bits per heavy atom. The van der Waals surface area contributed by atoms with Crippen LogP contribution < -0.4 is 48.3 Å². The standard InChI is InChI=1S/C18H21INO4.C16H21INO4.C16H21NO2.2C10H18O2.C9H16O3/c21-16(11-10-13-6-4-5-7-13)20-15(12-24-18(20)23)19-17(22)14-8-2-1-3-9-14;19-15(13-8-2-1-3-9-13)17-22-18-11-14(16(20)21)10-12-6-4-5-7-12;18-16-15(10-13-6-4-5-7-13)11-17(16)19-12-14-8-2-1-3-9-14;2*1-8(12)10(7-11)6-9-4-2-3-5-9;10-6-8(9(11)12)5-7-3-1-2-4-7/h1-3,8-9,13,15H,4-7,10-12H2;1-3,8-9,12,14,18H,4-7,10-11H2,(H,20,21);1-3,8-9,13,15H,4-7,10-12H2;2*9-11H,2-7H2,1H3;7-8,10H,1-6H2,(H,11,12)/q2*-1;;;;/t15-;14-;15-;2*10-;8-/m111111/s1. The molecule has 0 bridgehead atoms. The van der Waals surface area contributed by atoms with Gasteiger partial charge in [-0.05, 0) is 68.8 Å². The molecule has 0 spiro atoms. The van der Waals surface area contributed by atoms with Crippen molar-refractivity contribution in [1.29, 1.82) is 0 Å². The van der Waals surface area contributed by atoms with Crippen molar-refractivity contribution in [3.63, 3.8) is 0 Å². The van der Waals surface area contributed by atoms with E-state index in [-0.39, 0.29) is 85.7 Å². The van der Waals surface area contributed by atoms with Gasteiger partial charge in [0.05, 0.1) is 38.2 Å². The Bertz CT molecular complexity index is 2840. The van der Waals surface area contributed by atoms with Crippen LogP contribution in [0.5, 0.6) is 0 Å². The molecule has 6 saturated carbocycles. The van der Waals surface area contributed by atoms with Crippen molar-refractivity contribution < 1.29 is 124 Å². The second kappa shape index (κ2) is 48.1. The van der Waals surface area contributed by atoms with Gasteiger partial charge in [0, 0.05) is 11.8 Å². The molecule has 6 aliphatic carbocycles. The van der Waals surface area contributed by atoms with Gasteiger partial charge in [0.15, 0.2) is 0 Å². The molecule has 8 fully saturated rings. The number of Topliss-reactive ketones (excluding diaryl/α,β-unsaturated/α-hetero) is 2. The number of nitrogens with zero attached hydrogens (tertiary/aromatic N) is 2. The predicted octanol–water partition coefficient (Wildman–Crippen LogP) is 7.77. The molecule has 6 atom stereocenters. The summed E-state index contributed by atoms with van der Waals surface area (Å²) in [5.41, 5.74) is 5.07. The first-order chi connectivity index (χ1) is 48.8. The molecule has 6 N–H and O–H groups in total. The van der Waals surface area contributed by atoms with Gasteiger partial charge in [-0.1, -0.05) is 133 Å². The van der Waals surface area contributed by atoms with Gasteiger partial charge in [-0.3, -0.25) is 24.0 Å². The van der Waals surface area contributed by atoms with Crippen molar-refractivity contribution in [3.8, 4) is 0 Å². The third-order valence-electron chi connectivity index (χ3n) is 21.2. The molecular weight excluding hydrogens is 1520 g/mol. The number of hydrogen-bond donors (Lipinski definition) is 6. The number of carbonyl (C=O) groups is 9. The number of aliphatic carboxylic acids is 2. The number of cyclic esters (lactones) is 1. The number of hydroxylamine groups is 3. The van der Waals surface area contributed by atoms with E-state index >= 15 is 0 Å². The quantitative estimate of drug-likeness (QED) is 0.00661. The summed E-state index contributed by atoms with van der Waals surface area (Å²) < 4.78 is 9.93. The molecule has 2 saturated heterocycles. The number of benzene rings is 3. The Labute approximate surface area is 620 Å². The van der Waals surface area contributed by atoms with Crippen LogP contribution in [-0.2, 0) is 48.1 Å². The zero-order valence-corrected chi connectivity index (χ0v) is 64.1. The predicted molar refractivity (Wildman–Crippen MR) is 375 cm³/mol.